The van der Waals surface area contributed by atoms with Crippen LogP contribution in [-0.4, -0.2) is 44.8 Å². The highest BCUT2D eigenvalue weighted by atomic mass is 16.3. The number of rotatable bonds is 30. The van der Waals surface area contributed by atoms with E-state index in [0.717, 1.165) is 83.5 Å². The summed E-state index contributed by atoms with van der Waals surface area (Å²) in [6.45, 7) is 0. The van der Waals surface area contributed by atoms with Crippen molar-refractivity contribution in [1.29, 1.82) is 0 Å². The van der Waals surface area contributed by atoms with Crippen molar-refractivity contribution >= 4 is 0 Å². The van der Waals surface area contributed by atoms with E-state index in [0.29, 0.717) is 0 Å². The molecule has 0 heterocycles. The minimum Gasteiger partial charge on any atom is -0.389 e. The van der Waals surface area contributed by atoms with E-state index in [-0.39, 0.29) is 0 Å². The van der Waals surface area contributed by atoms with Crippen LogP contribution in [0.25, 0.3) is 0 Å². The molecular formula is C46H68O4. The fraction of sp³-hybridized carbons (Fsp3) is 0.609. The smallest absolute Gasteiger partial charge is 0.176 e. The molecule has 0 aliphatic carbocycles. The van der Waals surface area contributed by atoms with Crippen LogP contribution in [0.3, 0.4) is 0 Å². The first-order valence-corrected chi connectivity index (χ1v) is 19.4. The van der Waals surface area contributed by atoms with Crippen molar-refractivity contribution in [2.45, 2.75) is 179 Å². The number of terminal acetylenes is 2. The highest BCUT2D eigenvalue weighted by Crippen LogP contribution is 2.13. The SMILES string of the molecule is C#CC(O)/C=C/CCCCCC/C=C\CCCCC#CC(O)C#C/C=C/CC/C=C\CCCCCCCCCCCCC(O)/C=C/C(O)C#C. The number of hydrogen-bond acceptors (Lipinski definition) is 4. The monoisotopic (exact) mass is 685 g/mol. The molecule has 0 rings (SSSR count). The second-order valence-electron chi connectivity index (χ2n) is 12.9. The first kappa shape index (κ1) is 46.8. The number of allylic oxidation sites excluding steroid dienone is 7. The molecule has 0 aromatic heterocycles. The maximum absolute atomic E-state index is 9.93. The van der Waals surface area contributed by atoms with Gasteiger partial charge < -0.3 is 20.4 Å². The van der Waals surface area contributed by atoms with E-state index in [1.165, 1.54) is 76.7 Å². The van der Waals surface area contributed by atoms with Gasteiger partial charge in [-0.2, -0.15) is 0 Å². The lowest BCUT2D eigenvalue weighted by Gasteiger charge is -2.06. The largest absolute Gasteiger partial charge is 0.389 e. The van der Waals surface area contributed by atoms with Crippen molar-refractivity contribution < 1.29 is 20.4 Å². The Morgan fingerprint density at radius 3 is 1.48 bits per heavy atom. The molecular weight excluding hydrogens is 617 g/mol. The Labute approximate surface area is 307 Å². The van der Waals surface area contributed by atoms with E-state index in [1.54, 1.807) is 12.2 Å². The van der Waals surface area contributed by atoms with Gasteiger partial charge in [-0.25, -0.2) is 0 Å². The first-order valence-electron chi connectivity index (χ1n) is 19.4. The number of aliphatic hydroxyl groups is 4. The quantitative estimate of drug-likeness (QED) is 0.0345. The van der Waals surface area contributed by atoms with Gasteiger partial charge in [0.25, 0.3) is 0 Å². The third kappa shape index (κ3) is 37.6. The Hall–Kier alpha value is -3.22. The lowest BCUT2D eigenvalue weighted by Crippen LogP contribution is -2.04. The van der Waals surface area contributed by atoms with Crippen LogP contribution >= 0.6 is 0 Å². The maximum Gasteiger partial charge on any atom is 0.176 e. The zero-order valence-electron chi connectivity index (χ0n) is 31.0. The molecule has 0 aliphatic rings. The molecule has 4 unspecified atom stereocenters. The summed E-state index contributed by atoms with van der Waals surface area (Å²) in [6.07, 6.45) is 54.0. The minimum absolute atomic E-state index is 0.516. The maximum atomic E-state index is 9.93. The Morgan fingerprint density at radius 1 is 0.440 bits per heavy atom. The molecule has 0 fully saturated rings. The predicted octanol–water partition coefficient (Wildman–Crippen LogP) is 9.85. The van der Waals surface area contributed by atoms with Crippen LogP contribution in [-0.2, 0) is 0 Å². The highest BCUT2D eigenvalue weighted by Gasteiger charge is 2.01. The standard InChI is InChI=1S/C46H68O4/c1-3-43(47)37-33-29-25-21-17-13-11-12-16-19-23-27-31-35-39-45(49)38-34-30-26-22-18-14-9-7-5-6-8-10-15-20-24-28-32-36-40-46(50)42-41-44(48)4-2/h1-2,9,12,14,16,26,30,33,37,41-50H,5-8,10-11,13,15,17-25,27-29,31-32,36,40H2/b14-9-,16-12-,30-26+,37-33+,42-41+. The van der Waals surface area contributed by atoms with E-state index in [4.69, 9.17) is 12.8 Å². The molecule has 4 nitrogen and oxygen atoms in total. The summed E-state index contributed by atoms with van der Waals surface area (Å²) in [7, 11) is 0. The van der Waals surface area contributed by atoms with Crippen LogP contribution in [0.2, 0.25) is 0 Å². The molecule has 0 aromatic rings. The Morgan fingerprint density at radius 2 is 0.900 bits per heavy atom. The van der Waals surface area contributed by atoms with Gasteiger partial charge >= 0.3 is 0 Å². The Kier molecular flexibility index (Phi) is 36.1. The van der Waals surface area contributed by atoms with E-state index in [9.17, 15) is 20.4 Å². The lowest BCUT2D eigenvalue weighted by atomic mass is 10.0. The summed E-state index contributed by atoms with van der Waals surface area (Å²) < 4.78 is 0. The lowest BCUT2D eigenvalue weighted by molar-refractivity contribution is 0.205. The molecule has 4 heteroatoms. The molecule has 4 atom stereocenters. The fourth-order valence-electron chi connectivity index (χ4n) is 5.19. The van der Waals surface area contributed by atoms with Gasteiger partial charge in [-0.05, 0) is 95.3 Å². The van der Waals surface area contributed by atoms with Gasteiger partial charge in [0, 0.05) is 6.42 Å². The van der Waals surface area contributed by atoms with Crippen LogP contribution in [0.5, 0.6) is 0 Å². The van der Waals surface area contributed by atoms with Crippen molar-refractivity contribution in [3.63, 3.8) is 0 Å². The van der Waals surface area contributed by atoms with Crippen LogP contribution in [0.1, 0.15) is 154 Å². The average molecular weight is 685 g/mol. The molecule has 50 heavy (non-hydrogen) atoms. The molecule has 0 saturated heterocycles. The molecule has 0 saturated carbocycles. The van der Waals surface area contributed by atoms with Gasteiger partial charge in [0.1, 0.15) is 12.2 Å². The molecule has 0 aromatic carbocycles. The Balaban J connectivity index is 3.55. The third-order valence-electron chi connectivity index (χ3n) is 8.20. The highest BCUT2D eigenvalue weighted by molar-refractivity contribution is 5.24. The van der Waals surface area contributed by atoms with Crippen LogP contribution in [0, 0.1) is 48.4 Å². The topological polar surface area (TPSA) is 80.9 Å². The van der Waals surface area contributed by atoms with Crippen molar-refractivity contribution in [3.05, 3.63) is 60.8 Å². The van der Waals surface area contributed by atoms with Crippen LogP contribution < -0.4 is 0 Å². The Bertz CT molecular complexity index is 1140. The van der Waals surface area contributed by atoms with E-state index in [1.807, 2.05) is 12.2 Å². The zero-order chi connectivity index (χ0) is 36.6. The van der Waals surface area contributed by atoms with Gasteiger partial charge in [-0.1, -0.05) is 149 Å². The second-order valence-corrected chi connectivity index (χ2v) is 12.9. The summed E-state index contributed by atoms with van der Waals surface area (Å²) in [5.74, 6) is 16.0. The molecule has 0 amide bonds. The molecule has 276 valence electrons. The normalized spacial score (nSPS) is 14.0. The molecule has 0 bridgehead atoms. The molecule has 0 radical (unpaired) electrons. The van der Waals surface area contributed by atoms with Crippen LogP contribution in [0.15, 0.2) is 60.8 Å². The molecule has 0 aliphatic heterocycles. The third-order valence-corrected chi connectivity index (χ3v) is 8.20. The number of unbranched alkanes of at least 4 members (excludes halogenated alkanes) is 19. The van der Waals surface area contributed by atoms with Crippen molar-refractivity contribution in [2.75, 3.05) is 0 Å². The van der Waals surface area contributed by atoms with Gasteiger partial charge in [-0.3, -0.25) is 0 Å². The average Bonchev–Trinajstić information content (AvgIpc) is 3.12. The summed E-state index contributed by atoms with van der Waals surface area (Å²) in [5.41, 5.74) is 0. The fourth-order valence-corrected chi connectivity index (χ4v) is 5.19. The van der Waals surface area contributed by atoms with E-state index >= 15 is 0 Å². The minimum atomic E-state index is -0.906. The predicted molar refractivity (Wildman–Crippen MR) is 214 cm³/mol. The summed E-state index contributed by atoms with van der Waals surface area (Å²) in [6, 6.07) is 0. The summed E-state index contributed by atoms with van der Waals surface area (Å²) in [5, 5.41) is 38.3. The van der Waals surface area contributed by atoms with Gasteiger partial charge in [0.15, 0.2) is 6.10 Å². The summed E-state index contributed by atoms with van der Waals surface area (Å²) in [4.78, 5) is 0. The number of aliphatic hydroxyl groups excluding tert-OH is 4. The van der Waals surface area contributed by atoms with Crippen LogP contribution in [0.4, 0.5) is 0 Å². The molecule has 4 N–H and O–H groups in total. The van der Waals surface area contributed by atoms with Gasteiger partial charge in [-0.15, -0.1) is 12.8 Å². The zero-order valence-corrected chi connectivity index (χ0v) is 31.0. The van der Waals surface area contributed by atoms with E-state index < -0.39 is 24.4 Å². The molecule has 0 spiro atoms. The second kappa shape index (κ2) is 38.6. The van der Waals surface area contributed by atoms with Crippen molar-refractivity contribution in [1.82, 2.24) is 0 Å². The van der Waals surface area contributed by atoms with Gasteiger partial charge in [0.05, 0.1) is 6.10 Å². The number of hydrogen-bond donors (Lipinski definition) is 4. The van der Waals surface area contributed by atoms with E-state index in [2.05, 4.69) is 65.9 Å². The van der Waals surface area contributed by atoms with Crippen molar-refractivity contribution in [3.8, 4) is 48.4 Å². The first-order chi connectivity index (χ1) is 24.5. The van der Waals surface area contributed by atoms with Gasteiger partial charge in [0.2, 0.25) is 0 Å². The summed E-state index contributed by atoms with van der Waals surface area (Å²) >= 11 is 0. The van der Waals surface area contributed by atoms with Crippen molar-refractivity contribution in [2.24, 2.45) is 0 Å².